The summed E-state index contributed by atoms with van der Waals surface area (Å²) in [6.07, 6.45) is 1.33. The molecular weight excluding hydrogens is 348 g/mol. The fourth-order valence-corrected chi connectivity index (χ4v) is 2.40. The van der Waals surface area contributed by atoms with Gasteiger partial charge in [0.2, 0.25) is 0 Å². The normalized spacial score (nSPS) is 10.7. The number of rotatable bonds is 6. The van der Waals surface area contributed by atoms with Crippen molar-refractivity contribution in [3.8, 4) is 28.5 Å². The highest BCUT2D eigenvalue weighted by atomic mass is 16.5. The Bertz CT molecular complexity index is 981. The van der Waals surface area contributed by atoms with Crippen LogP contribution >= 0.6 is 0 Å². The van der Waals surface area contributed by atoms with Crippen molar-refractivity contribution in [2.24, 2.45) is 5.10 Å². The summed E-state index contributed by atoms with van der Waals surface area (Å²) in [4.78, 5) is 12.2. The molecule has 8 heteroatoms. The third-order valence-electron chi connectivity index (χ3n) is 3.81. The van der Waals surface area contributed by atoms with Gasteiger partial charge in [0.25, 0.3) is 5.91 Å². The quantitative estimate of drug-likeness (QED) is 0.459. The van der Waals surface area contributed by atoms with Crippen LogP contribution in [-0.4, -0.2) is 41.6 Å². The van der Waals surface area contributed by atoms with Gasteiger partial charge in [0.1, 0.15) is 11.4 Å². The Hall–Kier alpha value is -3.81. The average Bonchev–Trinajstić information content (AvgIpc) is 3.19. The van der Waals surface area contributed by atoms with Gasteiger partial charge < -0.3 is 14.6 Å². The molecule has 1 amide bonds. The Balaban J connectivity index is 1.69. The zero-order valence-electron chi connectivity index (χ0n) is 14.8. The average molecular weight is 366 g/mol. The van der Waals surface area contributed by atoms with Crippen LogP contribution in [0.5, 0.6) is 17.2 Å². The highest BCUT2D eigenvalue weighted by molar-refractivity contribution is 5.94. The minimum Gasteiger partial charge on any atom is -0.504 e. The molecule has 0 unspecified atom stereocenters. The zero-order chi connectivity index (χ0) is 19.2. The lowest BCUT2D eigenvalue weighted by Crippen LogP contribution is -2.18. The van der Waals surface area contributed by atoms with Crippen molar-refractivity contribution >= 4 is 12.1 Å². The van der Waals surface area contributed by atoms with Crippen LogP contribution < -0.4 is 14.9 Å². The number of hydrogen-bond acceptors (Lipinski definition) is 6. The number of aromatic amines is 1. The molecule has 2 aromatic carbocycles. The number of phenolic OH excluding ortho intramolecular Hbond substituents is 1. The first-order valence-electron chi connectivity index (χ1n) is 8.01. The van der Waals surface area contributed by atoms with Crippen molar-refractivity contribution in [2.45, 2.75) is 0 Å². The van der Waals surface area contributed by atoms with Crippen LogP contribution in [0.4, 0.5) is 0 Å². The number of nitrogens with zero attached hydrogens (tertiary/aromatic N) is 2. The number of methoxy groups -OCH3 is 2. The topological polar surface area (TPSA) is 109 Å². The van der Waals surface area contributed by atoms with Gasteiger partial charge >= 0.3 is 0 Å². The molecular formula is C19H18N4O4. The van der Waals surface area contributed by atoms with E-state index < -0.39 is 5.91 Å². The van der Waals surface area contributed by atoms with E-state index in [0.717, 1.165) is 5.56 Å². The van der Waals surface area contributed by atoms with Gasteiger partial charge in [-0.25, -0.2) is 5.43 Å². The maximum atomic E-state index is 12.2. The summed E-state index contributed by atoms with van der Waals surface area (Å²) in [7, 11) is 3.04. The number of para-hydroxylation sites is 1. The van der Waals surface area contributed by atoms with E-state index in [9.17, 15) is 9.90 Å². The fraction of sp³-hybridized carbons (Fsp3) is 0.105. The number of hydrazone groups is 1. The second kappa shape index (κ2) is 8.05. The van der Waals surface area contributed by atoms with Crippen molar-refractivity contribution in [3.63, 3.8) is 0 Å². The lowest BCUT2D eigenvalue weighted by Gasteiger charge is -2.04. The van der Waals surface area contributed by atoms with Gasteiger partial charge in [0, 0.05) is 11.1 Å². The molecule has 0 aliphatic rings. The van der Waals surface area contributed by atoms with E-state index in [2.05, 4.69) is 20.7 Å². The van der Waals surface area contributed by atoms with Crippen LogP contribution in [0.2, 0.25) is 0 Å². The van der Waals surface area contributed by atoms with Crippen molar-refractivity contribution in [1.82, 2.24) is 15.6 Å². The number of ether oxygens (including phenoxy) is 2. The molecule has 0 saturated heterocycles. The summed E-state index contributed by atoms with van der Waals surface area (Å²) in [6.45, 7) is 0. The van der Waals surface area contributed by atoms with Gasteiger partial charge in [-0.2, -0.15) is 10.2 Å². The Morgan fingerprint density at radius 2 is 2.00 bits per heavy atom. The number of aromatic nitrogens is 2. The number of H-pyrrole nitrogens is 1. The van der Waals surface area contributed by atoms with Gasteiger partial charge in [-0.05, 0) is 30.3 Å². The van der Waals surface area contributed by atoms with E-state index in [1.54, 1.807) is 31.4 Å². The van der Waals surface area contributed by atoms with Gasteiger partial charge in [-0.15, -0.1) is 0 Å². The predicted molar refractivity (Wildman–Crippen MR) is 100 cm³/mol. The molecule has 3 N–H and O–H groups in total. The number of phenols is 1. The number of carbonyl (C=O) groups is 1. The minimum atomic E-state index is -0.463. The Kier molecular flexibility index (Phi) is 5.36. The molecule has 0 atom stereocenters. The van der Waals surface area contributed by atoms with Gasteiger partial charge in [-0.1, -0.05) is 18.2 Å². The SMILES string of the molecule is COc1cccc(-c2cc(C(=O)NN=Cc3cccc(OC)c3O)[nH]n2)c1. The van der Waals surface area contributed by atoms with Crippen LogP contribution in [0, 0.1) is 0 Å². The van der Waals surface area contributed by atoms with Gasteiger partial charge in [-0.3, -0.25) is 9.89 Å². The molecule has 3 rings (SSSR count). The molecule has 138 valence electrons. The van der Waals surface area contributed by atoms with Crippen molar-refractivity contribution in [3.05, 3.63) is 59.8 Å². The van der Waals surface area contributed by atoms with Crippen LogP contribution in [0.3, 0.4) is 0 Å². The number of amides is 1. The van der Waals surface area contributed by atoms with E-state index in [4.69, 9.17) is 9.47 Å². The number of carbonyl (C=O) groups excluding carboxylic acids is 1. The molecule has 27 heavy (non-hydrogen) atoms. The number of aromatic hydroxyl groups is 1. The monoisotopic (exact) mass is 366 g/mol. The van der Waals surface area contributed by atoms with E-state index >= 15 is 0 Å². The Morgan fingerprint density at radius 3 is 2.78 bits per heavy atom. The second-order valence-electron chi connectivity index (χ2n) is 5.50. The number of nitrogens with one attached hydrogen (secondary N) is 2. The zero-order valence-corrected chi connectivity index (χ0v) is 14.8. The summed E-state index contributed by atoms with van der Waals surface area (Å²) in [5.41, 5.74) is 4.46. The Morgan fingerprint density at radius 1 is 1.19 bits per heavy atom. The third-order valence-corrected chi connectivity index (χ3v) is 3.81. The molecule has 0 saturated carbocycles. The highest BCUT2D eigenvalue weighted by Crippen LogP contribution is 2.28. The Labute approximate surface area is 155 Å². The van der Waals surface area contributed by atoms with Crippen molar-refractivity contribution in [2.75, 3.05) is 14.2 Å². The van der Waals surface area contributed by atoms with Crippen molar-refractivity contribution in [1.29, 1.82) is 0 Å². The van der Waals surface area contributed by atoms with Gasteiger partial charge in [0.05, 0.1) is 26.1 Å². The second-order valence-corrected chi connectivity index (χ2v) is 5.50. The van der Waals surface area contributed by atoms with E-state index in [0.29, 0.717) is 22.8 Å². The number of hydrogen-bond donors (Lipinski definition) is 3. The van der Waals surface area contributed by atoms with Crippen LogP contribution in [0.15, 0.2) is 53.6 Å². The smallest absolute Gasteiger partial charge is 0.289 e. The lowest BCUT2D eigenvalue weighted by atomic mass is 10.1. The molecule has 0 radical (unpaired) electrons. The van der Waals surface area contributed by atoms with E-state index in [1.807, 2.05) is 24.3 Å². The predicted octanol–water partition coefficient (Wildman–Crippen LogP) is 2.56. The summed E-state index contributed by atoms with van der Waals surface area (Å²) in [6, 6.07) is 13.9. The molecule has 3 aromatic rings. The van der Waals surface area contributed by atoms with Gasteiger partial charge in [0.15, 0.2) is 11.5 Å². The largest absolute Gasteiger partial charge is 0.504 e. The molecule has 8 nitrogen and oxygen atoms in total. The van der Waals surface area contributed by atoms with Crippen LogP contribution in [-0.2, 0) is 0 Å². The summed E-state index contributed by atoms with van der Waals surface area (Å²) in [5.74, 6) is 0.501. The number of benzene rings is 2. The molecule has 0 spiro atoms. The molecule has 0 fully saturated rings. The van der Waals surface area contributed by atoms with Crippen LogP contribution in [0.25, 0.3) is 11.3 Å². The first kappa shape index (κ1) is 18.0. The van der Waals surface area contributed by atoms with Crippen molar-refractivity contribution < 1.29 is 19.4 Å². The molecule has 0 aliphatic heterocycles. The lowest BCUT2D eigenvalue weighted by molar-refractivity contribution is 0.0950. The minimum absolute atomic E-state index is 0.0557. The summed E-state index contributed by atoms with van der Waals surface area (Å²) in [5, 5.41) is 20.7. The standard InChI is InChI=1S/C19H18N4O4/c1-26-14-7-3-5-12(9-14)15-10-16(22-21-15)19(25)23-20-11-13-6-4-8-17(27-2)18(13)24/h3-11,24H,1-2H3,(H,21,22)(H,23,25). The maximum absolute atomic E-state index is 12.2. The highest BCUT2D eigenvalue weighted by Gasteiger charge is 2.11. The third kappa shape index (κ3) is 4.06. The summed E-state index contributed by atoms with van der Waals surface area (Å²) >= 11 is 0. The van der Waals surface area contributed by atoms with E-state index in [-0.39, 0.29) is 11.4 Å². The molecule has 1 heterocycles. The molecule has 0 bridgehead atoms. The van der Waals surface area contributed by atoms with E-state index in [1.165, 1.54) is 13.3 Å². The first-order chi connectivity index (χ1) is 13.1. The maximum Gasteiger partial charge on any atom is 0.289 e. The first-order valence-corrected chi connectivity index (χ1v) is 8.01. The summed E-state index contributed by atoms with van der Waals surface area (Å²) < 4.78 is 10.2. The van der Waals surface area contributed by atoms with Crippen LogP contribution in [0.1, 0.15) is 16.1 Å². The molecule has 0 aliphatic carbocycles. The molecule has 1 aromatic heterocycles. The fourth-order valence-electron chi connectivity index (χ4n) is 2.40.